The summed E-state index contributed by atoms with van der Waals surface area (Å²) in [5.74, 6) is 0.743. The van der Waals surface area contributed by atoms with E-state index in [1.807, 2.05) is 18.2 Å². The van der Waals surface area contributed by atoms with Crippen LogP contribution in [0.15, 0.2) is 28.5 Å². The van der Waals surface area contributed by atoms with Crippen molar-refractivity contribution >= 4 is 23.4 Å². The molecule has 0 aliphatic heterocycles. The first-order valence-electron chi connectivity index (χ1n) is 10.1. The zero-order valence-electron chi connectivity index (χ0n) is 17.7. The minimum Gasteiger partial charge on any atom is -0.272 e. The number of hydrogen-bond donors (Lipinski definition) is 1. The Balaban J connectivity index is 1.39. The predicted octanol–water partition coefficient (Wildman–Crippen LogP) is 3.69. The third-order valence-electron chi connectivity index (χ3n) is 7.34. The molecule has 2 aromatic rings. The minimum absolute atomic E-state index is 0.0888. The first-order chi connectivity index (χ1) is 13.7. The number of rotatable bonds is 5. The summed E-state index contributed by atoms with van der Waals surface area (Å²) in [5, 5.41) is 17.0. The number of aryl methyl sites for hydroxylation is 2. The van der Waals surface area contributed by atoms with Gasteiger partial charge in [0.2, 0.25) is 5.16 Å². The highest BCUT2D eigenvalue weighted by molar-refractivity contribution is 7.99. The molecule has 1 amide bonds. The maximum absolute atomic E-state index is 12.4. The van der Waals surface area contributed by atoms with Crippen LogP contribution in [0.25, 0.3) is 5.69 Å². The molecule has 1 aromatic carbocycles. The molecule has 2 aliphatic rings. The highest BCUT2D eigenvalue weighted by Crippen LogP contribution is 2.63. The Morgan fingerprint density at radius 2 is 2.10 bits per heavy atom. The van der Waals surface area contributed by atoms with Crippen LogP contribution in [-0.4, -0.2) is 37.6 Å². The molecule has 0 radical (unpaired) electrons. The molecule has 2 unspecified atom stereocenters. The molecular formula is C21H28N6OS. The van der Waals surface area contributed by atoms with Gasteiger partial charge in [-0.15, -0.1) is 5.10 Å². The number of hydrazone groups is 1. The molecule has 29 heavy (non-hydrogen) atoms. The van der Waals surface area contributed by atoms with Gasteiger partial charge in [0.15, 0.2) is 0 Å². The molecule has 8 heteroatoms. The van der Waals surface area contributed by atoms with Gasteiger partial charge in [-0.2, -0.15) is 9.78 Å². The van der Waals surface area contributed by atoms with Gasteiger partial charge >= 0.3 is 0 Å². The molecule has 4 rings (SSSR count). The third kappa shape index (κ3) is 3.37. The van der Waals surface area contributed by atoms with E-state index in [-0.39, 0.29) is 22.5 Å². The van der Waals surface area contributed by atoms with Crippen LogP contribution >= 0.6 is 11.8 Å². The summed E-state index contributed by atoms with van der Waals surface area (Å²) in [6.45, 7) is 11.1. The quantitative estimate of drug-likeness (QED) is 0.598. The number of fused-ring (bicyclic) bond motifs is 2. The van der Waals surface area contributed by atoms with Gasteiger partial charge in [-0.05, 0) is 78.1 Å². The summed E-state index contributed by atoms with van der Waals surface area (Å²) >= 11 is 1.31. The second-order valence-corrected chi connectivity index (χ2v) is 9.96. The second-order valence-electron chi connectivity index (χ2n) is 9.02. The van der Waals surface area contributed by atoms with Crippen LogP contribution in [0.4, 0.5) is 0 Å². The number of amides is 1. The van der Waals surface area contributed by atoms with E-state index in [2.05, 4.69) is 60.7 Å². The summed E-state index contributed by atoms with van der Waals surface area (Å²) in [6, 6.07) is 6.06. The van der Waals surface area contributed by atoms with Crippen molar-refractivity contribution in [3.63, 3.8) is 0 Å². The maximum atomic E-state index is 12.4. The lowest BCUT2D eigenvalue weighted by Crippen LogP contribution is -2.34. The summed E-state index contributed by atoms with van der Waals surface area (Å²) in [4.78, 5) is 12.4. The van der Waals surface area contributed by atoms with Crippen molar-refractivity contribution in [3.05, 3.63) is 29.3 Å². The Hall–Kier alpha value is -2.22. The summed E-state index contributed by atoms with van der Waals surface area (Å²) in [5.41, 5.74) is 7.51. The summed E-state index contributed by atoms with van der Waals surface area (Å²) < 4.78 is 1.66. The summed E-state index contributed by atoms with van der Waals surface area (Å²) in [6.07, 6.45) is 3.40. The molecule has 2 fully saturated rings. The number of aromatic nitrogens is 4. The molecule has 2 atom stereocenters. The molecule has 0 spiro atoms. The largest absolute Gasteiger partial charge is 0.272 e. The average Bonchev–Trinajstić information content (AvgIpc) is 3.29. The molecule has 1 heterocycles. The number of nitrogens with one attached hydrogen (secondary N) is 1. The highest BCUT2D eigenvalue weighted by atomic mass is 32.2. The number of nitrogens with zero attached hydrogens (tertiary/aromatic N) is 5. The molecule has 1 aromatic heterocycles. The first-order valence-corrected chi connectivity index (χ1v) is 11.1. The first kappa shape index (κ1) is 20.1. The van der Waals surface area contributed by atoms with E-state index in [0.29, 0.717) is 11.1 Å². The number of hydrogen-bond acceptors (Lipinski definition) is 6. The predicted molar refractivity (Wildman–Crippen MR) is 114 cm³/mol. The van der Waals surface area contributed by atoms with Crippen molar-refractivity contribution in [3.8, 4) is 5.69 Å². The molecule has 2 saturated carbocycles. The average molecular weight is 413 g/mol. The van der Waals surface area contributed by atoms with Gasteiger partial charge in [0.25, 0.3) is 5.91 Å². The minimum atomic E-state index is -0.138. The Morgan fingerprint density at radius 3 is 2.76 bits per heavy atom. The van der Waals surface area contributed by atoms with Crippen LogP contribution in [0, 0.1) is 30.6 Å². The number of benzene rings is 1. The van der Waals surface area contributed by atoms with Crippen LogP contribution in [0.5, 0.6) is 0 Å². The van der Waals surface area contributed by atoms with E-state index in [1.165, 1.54) is 29.3 Å². The Labute approximate surface area is 175 Å². The number of carbonyl (C=O) groups is 1. The molecule has 7 nitrogen and oxygen atoms in total. The fourth-order valence-electron chi connectivity index (χ4n) is 4.68. The number of tetrazole rings is 1. The second kappa shape index (κ2) is 7.23. The SMILES string of the molecule is Cc1ccc(-n2nnnc2SCC(=O)N/N=C2\CC3CCC2(C)C3(C)C)cc1C. The Bertz CT molecular complexity index is 981. The van der Waals surface area contributed by atoms with Gasteiger partial charge in [-0.1, -0.05) is 38.6 Å². The Kier molecular flexibility index (Phi) is 5.01. The van der Waals surface area contributed by atoms with Crippen molar-refractivity contribution in [2.75, 3.05) is 5.75 Å². The zero-order valence-corrected chi connectivity index (χ0v) is 18.5. The molecule has 2 aliphatic carbocycles. The molecular weight excluding hydrogens is 384 g/mol. The van der Waals surface area contributed by atoms with Gasteiger partial charge in [0.1, 0.15) is 0 Å². The molecule has 0 saturated heterocycles. The lowest BCUT2D eigenvalue weighted by Gasteiger charge is -2.34. The smallest absolute Gasteiger partial charge is 0.250 e. The number of thioether (sulfide) groups is 1. The van der Waals surface area contributed by atoms with Crippen LogP contribution in [0.1, 0.15) is 51.2 Å². The standard InChI is InChI=1S/C21H28N6OS/c1-13-6-7-16(10-14(13)2)27-19(24-25-26-27)29-12-18(28)23-22-17-11-15-8-9-21(17,5)20(15,3)4/h6-7,10,15H,8-9,11-12H2,1-5H3,(H,23,28)/b22-17+. The topological polar surface area (TPSA) is 85.1 Å². The van der Waals surface area contributed by atoms with Gasteiger partial charge in [0.05, 0.1) is 11.4 Å². The summed E-state index contributed by atoms with van der Waals surface area (Å²) in [7, 11) is 0. The number of carbonyl (C=O) groups excluding carboxylic acids is 1. The van der Waals surface area contributed by atoms with Crippen molar-refractivity contribution in [2.45, 2.75) is 59.0 Å². The van der Waals surface area contributed by atoms with Crippen LogP contribution in [0.3, 0.4) is 0 Å². The van der Waals surface area contributed by atoms with E-state index in [4.69, 9.17) is 0 Å². The van der Waals surface area contributed by atoms with Crippen molar-refractivity contribution in [2.24, 2.45) is 21.8 Å². The van der Waals surface area contributed by atoms with E-state index >= 15 is 0 Å². The normalized spacial score (nSPS) is 26.2. The van der Waals surface area contributed by atoms with Gasteiger partial charge < -0.3 is 0 Å². The van der Waals surface area contributed by atoms with Crippen LogP contribution in [0.2, 0.25) is 0 Å². The van der Waals surface area contributed by atoms with Crippen LogP contribution < -0.4 is 5.43 Å². The van der Waals surface area contributed by atoms with Crippen molar-refractivity contribution in [1.29, 1.82) is 0 Å². The van der Waals surface area contributed by atoms with Gasteiger partial charge in [0, 0.05) is 11.1 Å². The zero-order chi connectivity index (χ0) is 20.8. The van der Waals surface area contributed by atoms with E-state index in [1.54, 1.807) is 4.68 Å². The molecule has 2 bridgehead atoms. The fourth-order valence-corrected chi connectivity index (χ4v) is 5.36. The van der Waals surface area contributed by atoms with Gasteiger partial charge in [-0.3, -0.25) is 4.79 Å². The van der Waals surface area contributed by atoms with E-state index in [9.17, 15) is 4.79 Å². The van der Waals surface area contributed by atoms with E-state index < -0.39 is 0 Å². The lowest BCUT2D eigenvalue weighted by molar-refractivity contribution is -0.118. The van der Waals surface area contributed by atoms with E-state index in [0.717, 1.165) is 24.2 Å². The molecule has 1 N–H and O–H groups in total. The third-order valence-corrected chi connectivity index (χ3v) is 8.26. The van der Waals surface area contributed by atoms with Gasteiger partial charge in [-0.25, -0.2) is 5.43 Å². The highest BCUT2D eigenvalue weighted by Gasteiger charge is 2.60. The van der Waals surface area contributed by atoms with Crippen LogP contribution in [-0.2, 0) is 4.79 Å². The lowest BCUT2D eigenvalue weighted by atomic mass is 9.70. The monoisotopic (exact) mass is 412 g/mol. The Morgan fingerprint density at radius 1 is 1.31 bits per heavy atom. The maximum Gasteiger partial charge on any atom is 0.250 e. The fraction of sp³-hybridized carbons (Fsp3) is 0.571. The molecule has 154 valence electrons. The van der Waals surface area contributed by atoms with Crippen molar-refractivity contribution in [1.82, 2.24) is 25.6 Å². The van der Waals surface area contributed by atoms with Crippen molar-refractivity contribution < 1.29 is 4.79 Å².